The van der Waals surface area contributed by atoms with E-state index in [1.807, 2.05) is 133 Å². The Kier molecular flexibility index (Phi) is 6.16. The van der Waals surface area contributed by atoms with Gasteiger partial charge in [-0.3, -0.25) is 4.79 Å². The first-order valence-corrected chi connectivity index (χ1v) is 16.2. The predicted octanol–water partition coefficient (Wildman–Crippen LogP) is 9.15. The molecule has 0 radical (unpaired) electrons. The standard InChI is InChI=1S/C42H24N6O2/c49-41-28-16-7-9-19-32(28)43-42-44-37(29-17-8-10-20-33(29)48(41)42)27-22-23-34-31(24-27)36-30(18-11-21-35(36)50-34)40-46-38(25-12-3-1-4-13-25)45-39(47-40)26-14-5-2-6-15-26/h1-24H. The number of hydrogen-bond donors (Lipinski definition) is 0. The number of fused-ring (bicyclic) bond motifs is 7. The van der Waals surface area contributed by atoms with Crippen LogP contribution in [0.3, 0.4) is 0 Å². The van der Waals surface area contributed by atoms with Gasteiger partial charge >= 0.3 is 0 Å². The van der Waals surface area contributed by atoms with E-state index in [2.05, 4.69) is 6.07 Å². The van der Waals surface area contributed by atoms with Crippen LogP contribution in [-0.4, -0.2) is 29.3 Å². The van der Waals surface area contributed by atoms with Gasteiger partial charge in [-0.1, -0.05) is 103 Å². The lowest BCUT2D eigenvalue weighted by Gasteiger charge is -2.11. The SMILES string of the molecule is O=c1c2ccccc2nc2nc(-c3ccc4oc5cccc(-c6nc(-c7ccccc7)nc(-c7ccccc7)n6)c5c4c3)c3ccccc3n12. The monoisotopic (exact) mass is 644 g/mol. The summed E-state index contributed by atoms with van der Waals surface area (Å²) in [4.78, 5) is 38.4. The van der Waals surface area contributed by atoms with Crippen molar-refractivity contribution >= 4 is 49.5 Å². The molecule has 0 fully saturated rings. The minimum atomic E-state index is -0.149. The van der Waals surface area contributed by atoms with E-state index in [1.54, 1.807) is 10.5 Å². The minimum Gasteiger partial charge on any atom is -0.456 e. The fourth-order valence-corrected chi connectivity index (χ4v) is 6.75. The maximum Gasteiger partial charge on any atom is 0.267 e. The zero-order valence-corrected chi connectivity index (χ0v) is 26.4. The third-order valence-electron chi connectivity index (χ3n) is 9.08. The quantitative estimate of drug-likeness (QED) is 0.139. The first kappa shape index (κ1) is 28.0. The summed E-state index contributed by atoms with van der Waals surface area (Å²) in [6.45, 7) is 0. The van der Waals surface area contributed by atoms with Crippen LogP contribution in [0.5, 0.6) is 0 Å². The summed E-state index contributed by atoms with van der Waals surface area (Å²) in [5.41, 5.74) is 6.83. The molecule has 8 nitrogen and oxygen atoms in total. The third-order valence-corrected chi connectivity index (χ3v) is 9.08. The second-order valence-corrected chi connectivity index (χ2v) is 12.1. The van der Waals surface area contributed by atoms with E-state index in [0.29, 0.717) is 39.7 Å². The van der Waals surface area contributed by atoms with Gasteiger partial charge in [-0.2, -0.15) is 0 Å². The molecule has 0 saturated carbocycles. The van der Waals surface area contributed by atoms with Crippen molar-refractivity contribution in [3.8, 4) is 45.4 Å². The summed E-state index contributed by atoms with van der Waals surface area (Å²) in [6.07, 6.45) is 0. The molecule has 10 aromatic rings. The van der Waals surface area contributed by atoms with Gasteiger partial charge in [-0.25, -0.2) is 29.3 Å². The Morgan fingerprint density at radius 3 is 1.90 bits per heavy atom. The average Bonchev–Trinajstić information content (AvgIpc) is 3.56. The summed E-state index contributed by atoms with van der Waals surface area (Å²) >= 11 is 0. The first-order chi connectivity index (χ1) is 24.7. The van der Waals surface area contributed by atoms with Crippen LogP contribution in [0.15, 0.2) is 155 Å². The molecule has 6 aromatic carbocycles. The van der Waals surface area contributed by atoms with Crippen molar-refractivity contribution in [3.05, 3.63) is 156 Å². The molecule has 0 aliphatic rings. The highest BCUT2D eigenvalue weighted by atomic mass is 16.3. The average molecular weight is 645 g/mol. The molecule has 0 bridgehead atoms. The van der Waals surface area contributed by atoms with E-state index in [4.69, 9.17) is 29.3 Å². The molecule has 0 aliphatic carbocycles. The van der Waals surface area contributed by atoms with Crippen molar-refractivity contribution < 1.29 is 4.42 Å². The number of nitrogens with zero attached hydrogens (tertiary/aromatic N) is 6. The maximum atomic E-state index is 13.7. The zero-order chi connectivity index (χ0) is 33.2. The van der Waals surface area contributed by atoms with Crippen molar-refractivity contribution in [1.82, 2.24) is 29.3 Å². The lowest BCUT2D eigenvalue weighted by atomic mass is 10.0. The molecular weight excluding hydrogens is 621 g/mol. The zero-order valence-electron chi connectivity index (χ0n) is 26.4. The number of hydrogen-bond acceptors (Lipinski definition) is 7. The normalized spacial score (nSPS) is 11.7. The van der Waals surface area contributed by atoms with Crippen molar-refractivity contribution in [2.45, 2.75) is 0 Å². The fraction of sp³-hybridized carbons (Fsp3) is 0. The summed E-state index contributed by atoms with van der Waals surface area (Å²) in [6, 6.07) is 47.0. The van der Waals surface area contributed by atoms with E-state index in [1.165, 1.54) is 0 Å². The van der Waals surface area contributed by atoms with Gasteiger partial charge in [-0.15, -0.1) is 0 Å². The van der Waals surface area contributed by atoms with Crippen LogP contribution in [0.2, 0.25) is 0 Å². The van der Waals surface area contributed by atoms with Crippen LogP contribution in [0, 0.1) is 0 Å². The summed E-state index contributed by atoms with van der Waals surface area (Å²) in [5.74, 6) is 2.05. The van der Waals surface area contributed by atoms with Gasteiger partial charge in [0, 0.05) is 38.4 Å². The predicted molar refractivity (Wildman–Crippen MR) is 197 cm³/mol. The van der Waals surface area contributed by atoms with Gasteiger partial charge in [0.05, 0.1) is 22.1 Å². The Morgan fingerprint density at radius 2 is 1.14 bits per heavy atom. The van der Waals surface area contributed by atoms with E-state index in [9.17, 15) is 4.79 Å². The Bertz CT molecular complexity index is 2950. The molecule has 0 amide bonds. The van der Waals surface area contributed by atoms with Crippen molar-refractivity contribution in [2.24, 2.45) is 0 Å². The number of rotatable bonds is 4. The second-order valence-electron chi connectivity index (χ2n) is 12.1. The van der Waals surface area contributed by atoms with E-state index in [-0.39, 0.29) is 5.56 Å². The summed E-state index contributed by atoms with van der Waals surface area (Å²) < 4.78 is 8.01. The van der Waals surface area contributed by atoms with E-state index >= 15 is 0 Å². The van der Waals surface area contributed by atoms with Gasteiger partial charge in [0.25, 0.3) is 5.56 Å². The topological polar surface area (TPSA) is 99.1 Å². The third kappa shape index (κ3) is 4.39. The highest BCUT2D eigenvalue weighted by molar-refractivity contribution is 6.13. The Labute approximate surface area is 284 Å². The molecule has 0 atom stereocenters. The minimum absolute atomic E-state index is 0.149. The van der Waals surface area contributed by atoms with Crippen LogP contribution >= 0.6 is 0 Å². The van der Waals surface area contributed by atoms with Crippen LogP contribution < -0.4 is 5.56 Å². The van der Waals surface area contributed by atoms with Crippen LogP contribution in [0.4, 0.5) is 0 Å². The largest absolute Gasteiger partial charge is 0.456 e. The van der Waals surface area contributed by atoms with Gasteiger partial charge in [0.15, 0.2) is 17.5 Å². The Morgan fingerprint density at radius 1 is 0.480 bits per heavy atom. The Balaban J connectivity index is 1.22. The first-order valence-electron chi connectivity index (χ1n) is 16.2. The van der Waals surface area contributed by atoms with Crippen molar-refractivity contribution in [2.75, 3.05) is 0 Å². The fourth-order valence-electron chi connectivity index (χ4n) is 6.75. The smallest absolute Gasteiger partial charge is 0.267 e. The molecule has 50 heavy (non-hydrogen) atoms. The molecule has 8 heteroatoms. The molecule has 0 N–H and O–H groups in total. The van der Waals surface area contributed by atoms with Gasteiger partial charge in [0.2, 0.25) is 5.78 Å². The lowest BCUT2D eigenvalue weighted by Crippen LogP contribution is -2.17. The molecule has 0 spiro atoms. The number of furan rings is 1. The summed E-state index contributed by atoms with van der Waals surface area (Å²) in [7, 11) is 0. The van der Waals surface area contributed by atoms with Crippen molar-refractivity contribution in [3.63, 3.8) is 0 Å². The molecule has 0 saturated heterocycles. The molecule has 4 aromatic heterocycles. The highest BCUT2D eigenvalue weighted by Gasteiger charge is 2.20. The molecule has 0 unspecified atom stereocenters. The highest BCUT2D eigenvalue weighted by Crippen LogP contribution is 2.39. The van der Waals surface area contributed by atoms with E-state index < -0.39 is 0 Å². The molecular formula is C42H24N6O2. The number of benzene rings is 6. The number of para-hydroxylation sites is 2. The van der Waals surface area contributed by atoms with Crippen molar-refractivity contribution in [1.29, 1.82) is 0 Å². The second kappa shape index (κ2) is 11.0. The molecule has 10 rings (SSSR count). The van der Waals surface area contributed by atoms with E-state index in [0.717, 1.165) is 55.2 Å². The van der Waals surface area contributed by atoms with Gasteiger partial charge in [0.1, 0.15) is 11.2 Å². The molecule has 234 valence electrons. The molecule has 0 aliphatic heterocycles. The lowest BCUT2D eigenvalue weighted by molar-refractivity contribution is 0.669. The van der Waals surface area contributed by atoms with Gasteiger partial charge in [-0.05, 0) is 42.5 Å². The summed E-state index contributed by atoms with van der Waals surface area (Å²) in [5, 5.41) is 3.17. The maximum absolute atomic E-state index is 13.7. The number of aromatic nitrogens is 6. The Hall–Kier alpha value is -7.06. The molecule has 4 heterocycles. The van der Waals surface area contributed by atoms with Crippen LogP contribution in [-0.2, 0) is 0 Å². The van der Waals surface area contributed by atoms with Gasteiger partial charge < -0.3 is 4.42 Å². The van der Waals surface area contributed by atoms with Crippen LogP contribution in [0.25, 0.3) is 94.9 Å². The van der Waals surface area contributed by atoms with Crippen LogP contribution in [0.1, 0.15) is 0 Å².